The molecule has 0 amide bonds. The number of carboxylic acid groups (broad SMARTS) is 1. The standard InChI is InChI=1S/C26H25N3O4/c1-29-24-6-4-17(10-19(24)14-28-29)22-8-15(2-7-25(31)32)9-23(27)26(22)33-21-12-16-3-5-20(30)11-18(16)13-21/h3-6,8-11,14,21,30H,2,7,12-13,27H2,1H3,(H,31,32). The summed E-state index contributed by atoms with van der Waals surface area (Å²) in [5.74, 6) is 0.000651. The van der Waals surface area contributed by atoms with Crippen molar-refractivity contribution in [1.29, 1.82) is 0 Å². The average molecular weight is 444 g/mol. The molecule has 4 N–H and O–H groups in total. The molecule has 1 unspecified atom stereocenters. The first-order chi connectivity index (χ1) is 15.9. The molecule has 3 aromatic carbocycles. The number of nitrogens with two attached hydrogens (primary N) is 1. The lowest BCUT2D eigenvalue weighted by atomic mass is 9.97. The monoisotopic (exact) mass is 443 g/mol. The number of ether oxygens (including phenoxy) is 1. The van der Waals surface area contributed by atoms with Gasteiger partial charge in [-0.1, -0.05) is 12.1 Å². The zero-order chi connectivity index (χ0) is 23.1. The van der Waals surface area contributed by atoms with E-state index in [4.69, 9.17) is 15.6 Å². The summed E-state index contributed by atoms with van der Waals surface area (Å²) in [5, 5.41) is 24.3. The van der Waals surface area contributed by atoms with Crippen LogP contribution < -0.4 is 10.5 Å². The Labute approximate surface area is 191 Å². The van der Waals surface area contributed by atoms with Gasteiger partial charge < -0.3 is 20.7 Å². The quantitative estimate of drug-likeness (QED) is 0.387. The van der Waals surface area contributed by atoms with Crippen LogP contribution in [0.1, 0.15) is 23.1 Å². The number of aryl methyl sites for hydroxylation is 2. The van der Waals surface area contributed by atoms with E-state index in [0.717, 1.165) is 45.1 Å². The third kappa shape index (κ3) is 4.09. The molecule has 33 heavy (non-hydrogen) atoms. The number of fused-ring (bicyclic) bond motifs is 2. The summed E-state index contributed by atoms with van der Waals surface area (Å²) in [7, 11) is 1.90. The number of nitrogens with zero attached hydrogens (tertiary/aromatic N) is 2. The minimum Gasteiger partial charge on any atom is -0.508 e. The summed E-state index contributed by atoms with van der Waals surface area (Å²) in [6.45, 7) is 0. The van der Waals surface area contributed by atoms with Gasteiger partial charge in [-0.3, -0.25) is 9.48 Å². The average Bonchev–Trinajstić information content (AvgIpc) is 3.35. The molecule has 7 heteroatoms. The first-order valence-electron chi connectivity index (χ1n) is 10.9. The third-order valence-corrected chi connectivity index (χ3v) is 6.23. The maximum Gasteiger partial charge on any atom is 0.303 e. The molecule has 1 heterocycles. The fourth-order valence-corrected chi connectivity index (χ4v) is 4.60. The highest BCUT2D eigenvalue weighted by molar-refractivity contribution is 5.87. The van der Waals surface area contributed by atoms with Crippen LogP contribution in [0.25, 0.3) is 22.0 Å². The Balaban J connectivity index is 1.53. The van der Waals surface area contributed by atoms with Crippen LogP contribution in [0.15, 0.2) is 54.7 Å². The molecule has 168 valence electrons. The van der Waals surface area contributed by atoms with Crippen LogP contribution in [0.5, 0.6) is 11.5 Å². The van der Waals surface area contributed by atoms with Gasteiger partial charge in [-0.05, 0) is 65.1 Å². The normalized spacial score (nSPS) is 15.0. The number of carboxylic acids is 1. The van der Waals surface area contributed by atoms with E-state index >= 15 is 0 Å². The van der Waals surface area contributed by atoms with Crippen molar-refractivity contribution >= 4 is 22.6 Å². The summed E-state index contributed by atoms with van der Waals surface area (Å²) < 4.78 is 8.29. The van der Waals surface area contributed by atoms with Gasteiger partial charge in [0.25, 0.3) is 0 Å². The molecular formula is C26H25N3O4. The van der Waals surface area contributed by atoms with Crippen molar-refractivity contribution in [2.45, 2.75) is 31.8 Å². The highest BCUT2D eigenvalue weighted by atomic mass is 16.5. The van der Waals surface area contributed by atoms with Gasteiger partial charge in [0, 0.05) is 37.3 Å². The van der Waals surface area contributed by atoms with Crippen molar-refractivity contribution in [2.75, 3.05) is 5.73 Å². The fourth-order valence-electron chi connectivity index (χ4n) is 4.60. The Bertz CT molecular complexity index is 1380. The highest BCUT2D eigenvalue weighted by Gasteiger charge is 2.25. The molecule has 4 aromatic rings. The molecule has 7 nitrogen and oxygen atoms in total. The molecule has 0 radical (unpaired) electrons. The molecule has 1 atom stereocenters. The predicted octanol–water partition coefficient (Wildman–Crippen LogP) is 4.09. The second-order valence-electron chi connectivity index (χ2n) is 8.60. The van der Waals surface area contributed by atoms with E-state index in [2.05, 4.69) is 5.10 Å². The Morgan fingerprint density at radius 1 is 1.15 bits per heavy atom. The topological polar surface area (TPSA) is 111 Å². The first kappa shape index (κ1) is 20.9. The SMILES string of the molecule is Cn1ncc2cc(-c3cc(CCC(=O)O)cc(N)c3OC3Cc4ccc(O)cc4C3)ccc21. The second-order valence-corrected chi connectivity index (χ2v) is 8.60. The van der Waals surface area contributed by atoms with Gasteiger partial charge in [-0.2, -0.15) is 5.10 Å². The van der Waals surface area contributed by atoms with Gasteiger partial charge in [0.05, 0.1) is 17.4 Å². The van der Waals surface area contributed by atoms with Crippen LogP contribution in [0.4, 0.5) is 5.69 Å². The number of phenols is 1. The van der Waals surface area contributed by atoms with Crippen LogP contribution >= 0.6 is 0 Å². The maximum atomic E-state index is 11.1. The van der Waals surface area contributed by atoms with Crippen LogP contribution in [-0.2, 0) is 31.1 Å². The number of hydrogen-bond acceptors (Lipinski definition) is 5. The van der Waals surface area contributed by atoms with Crippen molar-refractivity contribution in [3.05, 3.63) is 71.4 Å². The number of benzene rings is 3. The van der Waals surface area contributed by atoms with Crippen LogP contribution in [0, 0.1) is 0 Å². The number of aromatic nitrogens is 2. The van der Waals surface area contributed by atoms with E-state index in [1.807, 2.05) is 48.3 Å². The van der Waals surface area contributed by atoms with Gasteiger partial charge in [-0.25, -0.2) is 0 Å². The summed E-state index contributed by atoms with van der Waals surface area (Å²) in [6, 6.07) is 15.3. The number of hydrogen-bond donors (Lipinski definition) is 3. The molecule has 1 aliphatic carbocycles. The van der Waals surface area contributed by atoms with E-state index in [9.17, 15) is 9.90 Å². The number of carbonyl (C=O) groups is 1. The number of phenolic OH excluding ortho intramolecular Hbond substituents is 1. The molecule has 0 fully saturated rings. The highest BCUT2D eigenvalue weighted by Crippen LogP contribution is 2.40. The molecule has 1 aromatic heterocycles. The van der Waals surface area contributed by atoms with Crippen LogP contribution in [0.3, 0.4) is 0 Å². The van der Waals surface area contributed by atoms with E-state index in [-0.39, 0.29) is 18.3 Å². The molecule has 0 aliphatic heterocycles. The molecular weight excluding hydrogens is 418 g/mol. The number of anilines is 1. The van der Waals surface area contributed by atoms with E-state index in [1.54, 1.807) is 18.2 Å². The maximum absolute atomic E-state index is 11.1. The van der Waals surface area contributed by atoms with Crippen molar-refractivity contribution in [3.8, 4) is 22.6 Å². The lowest BCUT2D eigenvalue weighted by Gasteiger charge is -2.20. The Morgan fingerprint density at radius 2 is 1.97 bits per heavy atom. The second kappa shape index (κ2) is 8.16. The Hall–Kier alpha value is -4.00. The molecule has 0 saturated carbocycles. The van der Waals surface area contributed by atoms with Crippen molar-refractivity contribution in [2.24, 2.45) is 7.05 Å². The molecule has 0 saturated heterocycles. The van der Waals surface area contributed by atoms with Gasteiger partial charge in [-0.15, -0.1) is 0 Å². The fraction of sp³-hybridized carbons (Fsp3) is 0.231. The van der Waals surface area contributed by atoms with E-state index in [1.165, 1.54) is 0 Å². The number of aliphatic carboxylic acids is 1. The van der Waals surface area contributed by atoms with Gasteiger partial charge in [0.1, 0.15) is 17.6 Å². The van der Waals surface area contributed by atoms with Crippen molar-refractivity contribution in [3.63, 3.8) is 0 Å². The first-order valence-corrected chi connectivity index (χ1v) is 10.9. The molecule has 0 spiro atoms. The minimum atomic E-state index is -0.848. The van der Waals surface area contributed by atoms with E-state index < -0.39 is 5.97 Å². The Morgan fingerprint density at radius 3 is 2.79 bits per heavy atom. The molecule has 5 rings (SSSR count). The minimum absolute atomic E-state index is 0.0299. The lowest BCUT2D eigenvalue weighted by molar-refractivity contribution is -0.136. The zero-order valence-electron chi connectivity index (χ0n) is 18.3. The summed E-state index contributed by atoms with van der Waals surface area (Å²) in [6.07, 6.45) is 3.55. The zero-order valence-corrected chi connectivity index (χ0v) is 18.3. The number of aromatic hydroxyl groups is 1. The number of rotatable bonds is 6. The Kier molecular flexibility index (Phi) is 5.17. The summed E-state index contributed by atoms with van der Waals surface area (Å²) in [4.78, 5) is 11.1. The van der Waals surface area contributed by atoms with Gasteiger partial charge >= 0.3 is 5.97 Å². The lowest BCUT2D eigenvalue weighted by Crippen LogP contribution is -2.18. The smallest absolute Gasteiger partial charge is 0.303 e. The summed E-state index contributed by atoms with van der Waals surface area (Å²) in [5.41, 5.74) is 12.8. The third-order valence-electron chi connectivity index (χ3n) is 6.23. The van der Waals surface area contributed by atoms with Crippen molar-refractivity contribution in [1.82, 2.24) is 9.78 Å². The van der Waals surface area contributed by atoms with Gasteiger partial charge in [0.2, 0.25) is 0 Å². The van der Waals surface area contributed by atoms with E-state index in [0.29, 0.717) is 24.3 Å². The van der Waals surface area contributed by atoms with Gasteiger partial charge in [0.15, 0.2) is 0 Å². The largest absolute Gasteiger partial charge is 0.508 e. The van der Waals surface area contributed by atoms with Crippen molar-refractivity contribution < 1.29 is 19.7 Å². The number of nitrogen functional groups attached to an aromatic ring is 1. The van der Waals surface area contributed by atoms with Crippen LogP contribution in [-0.4, -0.2) is 32.1 Å². The summed E-state index contributed by atoms with van der Waals surface area (Å²) >= 11 is 0. The molecule has 0 bridgehead atoms. The predicted molar refractivity (Wildman–Crippen MR) is 126 cm³/mol. The van der Waals surface area contributed by atoms with Crippen LogP contribution in [0.2, 0.25) is 0 Å². The molecule has 1 aliphatic rings.